The predicted octanol–water partition coefficient (Wildman–Crippen LogP) is 1.70. The molecule has 0 saturated heterocycles. The monoisotopic (exact) mass is 241 g/mol. The second kappa shape index (κ2) is 4.74. The average molecular weight is 241 g/mol. The molecule has 0 bridgehead atoms. The van der Waals surface area contributed by atoms with Crippen LogP contribution in [0.25, 0.3) is 0 Å². The van der Waals surface area contributed by atoms with Crippen LogP contribution in [0.2, 0.25) is 0 Å². The number of alkyl halides is 2. The topological polar surface area (TPSA) is 37.4 Å². The van der Waals surface area contributed by atoms with Crippen LogP contribution in [-0.2, 0) is 10.0 Å². The summed E-state index contributed by atoms with van der Waals surface area (Å²) in [5.41, 5.74) is 0. The molecule has 1 saturated carbocycles. The van der Waals surface area contributed by atoms with Gasteiger partial charge in [0.15, 0.2) is 0 Å². The molecular weight excluding hydrogens is 224 g/mol. The fourth-order valence-electron chi connectivity index (χ4n) is 2.13. The summed E-state index contributed by atoms with van der Waals surface area (Å²) in [4.78, 5) is 0. The molecule has 0 amide bonds. The smallest absolute Gasteiger partial charge is 0.212 e. The number of sulfonamides is 1. The summed E-state index contributed by atoms with van der Waals surface area (Å²) in [7, 11) is -3.51. The molecule has 0 aromatic carbocycles. The molecule has 1 aliphatic rings. The van der Waals surface area contributed by atoms with Gasteiger partial charge in [0.25, 0.3) is 6.43 Å². The normalized spacial score (nSPS) is 27.9. The minimum absolute atomic E-state index is 0.232. The van der Waals surface area contributed by atoms with E-state index in [4.69, 9.17) is 0 Å². The Kier molecular flexibility index (Phi) is 4.06. The zero-order chi connectivity index (χ0) is 11.6. The van der Waals surface area contributed by atoms with Crippen molar-refractivity contribution in [2.45, 2.75) is 38.7 Å². The molecule has 1 rings (SSSR count). The minimum Gasteiger partial charge on any atom is -0.212 e. The molecule has 3 nitrogen and oxygen atoms in total. The lowest BCUT2D eigenvalue weighted by Gasteiger charge is -2.26. The summed E-state index contributed by atoms with van der Waals surface area (Å²) in [6.07, 6.45) is 0.703. The van der Waals surface area contributed by atoms with Crippen molar-refractivity contribution in [3.8, 4) is 0 Å². The summed E-state index contributed by atoms with van der Waals surface area (Å²) in [5, 5.41) is 0. The van der Waals surface area contributed by atoms with Gasteiger partial charge in [-0.05, 0) is 25.2 Å². The first-order valence-electron chi connectivity index (χ1n) is 5.05. The minimum atomic E-state index is -3.51. The molecule has 0 unspecified atom stereocenters. The highest BCUT2D eigenvalue weighted by Gasteiger charge is 2.33. The summed E-state index contributed by atoms with van der Waals surface area (Å²) >= 11 is 0. The van der Waals surface area contributed by atoms with E-state index in [1.54, 1.807) is 0 Å². The third-order valence-corrected chi connectivity index (χ3v) is 4.12. The van der Waals surface area contributed by atoms with Crippen molar-refractivity contribution in [1.29, 1.82) is 0 Å². The van der Waals surface area contributed by atoms with E-state index in [2.05, 4.69) is 0 Å². The number of nitrogens with zero attached hydrogens (tertiary/aromatic N) is 1. The van der Waals surface area contributed by atoms with Gasteiger partial charge in [-0.15, -0.1) is 0 Å². The van der Waals surface area contributed by atoms with Gasteiger partial charge in [-0.2, -0.15) is 4.31 Å². The van der Waals surface area contributed by atoms with Crippen LogP contribution in [0.15, 0.2) is 0 Å². The lowest BCUT2D eigenvalue weighted by Crippen LogP contribution is -2.41. The molecule has 90 valence electrons. The highest BCUT2D eigenvalue weighted by molar-refractivity contribution is 7.88. The van der Waals surface area contributed by atoms with E-state index in [1.165, 1.54) is 0 Å². The third-order valence-electron chi connectivity index (χ3n) is 2.82. The molecule has 0 aliphatic heterocycles. The molecule has 0 N–H and O–H groups in total. The Hall–Kier alpha value is -0.230. The predicted molar refractivity (Wildman–Crippen MR) is 54.4 cm³/mol. The number of hydrogen-bond acceptors (Lipinski definition) is 2. The van der Waals surface area contributed by atoms with Gasteiger partial charge in [0.05, 0.1) is 12.8 Å². The number of hydrogen-bond donors (Lipinski definition) is 0. The van der Waals surface area contributed by atoms with Crippen molar-refractivity contribution in [2.24, 2.45) is 5.92 Å². The summed E-state index contributed by atoms with van der Waals surface area (Å²) in [5.74, 6) is 0.428. The lowest BCUT2D eigenvalue weighted by atomic mass is 10.1. The fourth-order valence-corrected chi connectivity index (χ4v) is 3.25. The zero-order valence-corrected chi connectivity index (χ0v) is 9.80. The van der Waals surface area contributed by atoms with E-state index in [9.17, 15) is 17.2 Å². The summed E-state index contributed by atoms with van der Waals surface area (Å²) in [6, 6.07) is -0.232. The van der Waals surface area contributed by atoms with Crippen molar-refractivity contribution >= 4 is 10.0 Å². The molecule has 0 aromatic rings. The SMILES string of the molecule is C[C@H]1CC[C@@H](N(CC(F)F)S(C)(=O)=O)C1. The third kappa shape index (κ3) is 3.68. The van der Waals surface area contributed by atoms with Crippen molar-refractivity contribution in [1.82, 2.24) is 4.31 Å². The van der Waals surface area contributed by atoms with Crippen LogP contribution in [0.4, 0.5) is 8.78 Å². The summed E-state index contributed by atoms with van der Waals surface area (Å²) in [6.45, 7) is 1.35. The highest BCUT2D eigenvalue weighted by Crippen LogP contribution is 2.30. The van der Waals surface area contributed by atoms with Crippen LogP contribution in [0, 0.1) is 5.92 Å². The average Bonchev–Trinajstić information content (AvgIpc) is 2.45. The molecule has 2 atom stereocenters. The molecule has 0 radical (unpaired) electrons. The Morgan fingerprint density at radius 2 is 2.00 bits per heavy atom. The van der Waals surface area contributed by atoms with Crippen LogP contribution in [-0.4, -0.2) is 38.0 Å². The first-order valence-corrected chi connectivity index (χ1v) is 6.90. The van der Waals surface area contributed by atoms with Gasteiger partial charge >= 0.3 is 0 Å². The molecule has 0 aromatic heterocycles. The maximum Gasteiger partial charge on any atom is 0.252 e. The Labute approximate surface area is 89.5 Å². The van der Waals surface area contributed by atoms with Crippen LogP contribution >= 0.6 is 0 Å². The van der Waals surface area contributed by atoms with Crippen molar-refractivity contribution in [2.75, 3.05) is 12.8 Å². The van der Waals surface area contributed by atoms with E-state index >= 15 is 0 Å². The highest BCUT2D eigenvalue weighted by atomic mass is 32.2. The fraction of sp³-hybridized carbons (Fsp3) is 1.00. The van der Waals surface area contributed by atoms with Gasteiger partial charge in [-0.1, -0.05) is 6.92 Å². The van der Waals surface area contributed by atoms with Gasteiger partial charge in [0.2, 0.25) is 10.0 Å². The van der Waals surface area contributed by atoms with E-state index in [0.717, 1.165) is 17.0 Å². The van der Waals surface area contributed by atoms with Crippen molar-refractivity contribution in [3.63, 3.8) is 0 Å². The van der Waals surface area contributed by atoms with E-state index in [0.29, 0.717) is 18.8 Å². The van der Waals surface area contributed by atoms with Crippen LogP contribution in [0.1, 0.15) is 26.2 Å². The van der Waals surface area contributed by atoms with Crippen molar-refractivity contribution < 1.29 is 17.2 Å². The standard InChI is InChI=1S/C9H17F2NO2S/c1-7-3-4-8(5-7)12(6-9(10)11)15(2,13)14/h7-9H,3-6H2,1-2H3/t7-,8+/m0/s1. The second-order valence-electron chi connectivity index (χ2n) is 4.30. The molecule has 0 spiro atoms. The van der Waals surface area contributed by atoms with Gasteiger partial charge in [-0.3, -0.25) is 0 Å². The van der Waals surface area contributed by atoms with Gasteiger partial charge in [0.1, 0.15) is 0 Å². The van der Waals surface area contributed by atoms with E-state index < -0.39 is 23.0 Å². The van der Waals surface area contributed by atoms with Crippen LogP contribution in [0.3, 0.4) is 0 Å². The molecule has 15 heavy (non-hydrogen) atoms. The second-order valence-corrected chi connectivity index (χ2v) is 6.23. The molecule has 1 aliphatic carbocycles. The van der Waals surface area contributed by atoms with Gasteiger partial charge in [-0.25, -0.2) is 17.2 Å². The first kappa shape index (κ1) is 12.8. The molecule has 1 fully saturated rings. The van der Waals surface area contributed by atoms with Crippen LogP contribution in [0.5, 0.6) is 0 Å². The van der Waals surface area contributed by atoms with Gasteiger partial charge in [0, 0.05) is 6.04 Å². The maximum atomic E-state index is 12.3. The number of rotatable bonds is 4. The Morgan fingerprint density at radius 3 is 2.33 bits per heavy atom. The maximum absolute atomic E-state index is 12.3. The first-order chi connectivity index (χ1) is 6.80. The summed E-state index contributed by atoms with van der Waals surface area (Å²) < 4.78 is 48.2. The van der Waals surface area contributed by atoms with Gasteiger partial charge < -0.3 is 0 Å². The molecular formula is C9H17F2NO2S. The molecule has 6 heteroatoms. The zero-order valence-electron chi connectivity index (χ0n) is 8.99. The Bertz CT molecular complexity index is 305. The quantitative estimate of drug-likeness (QED) is 0.751. The largest absolute Gasteiger partial charge is 0.252 e. The lowest BCUT2D eigenvalue weighted by molar-refractivity contribution is 0.107. The van der Waals surface area contributed by atoms with Crippen molar-refractivity contribution in [3.05, 3.63) is 0 Å². The van der Waals surface area contributed by atoms with E-state index in [-0.39, 0.29) is 6.04 Å². The Balaban J connectivity index is 2.73. The van der Waals surface area contributed by atoms with E-state index in [1.807, 2.05) is 6.92 Å². The number of halogens is 2. The van der Waals surface area contributed by atoms with Crippen LogP contribution < -0.4 is 0 Å². The molecule has 0 heterocycles. The Morgan fingerprint density at radius 1 is 1.40 bits per heavy atom.